The van der Waals surface area contributed by atoms with Crippen LogP contribution >= 0.6 is 0 Å². The van der Waals surface area contributed by atoms with E-state index in [-0.39, 0.29) is 18.2 Å². The maximum Gasteiger partial charge on any atom is 0.387 e. The molecular formula is C13H16F2N2O3. The van der Waals surface area contributed by atoms with Gasteiger partial charge in [0, 0.05) is 18.7 Å². The van der Waals surface area contributed by atoms with Crippen molar-refractivity contribution in [2.24, 2.45) is 0 Å². The van der Waals surface area contributed by atoms with Crippen LogP contribution in [0.1, 0.15) is 16.8 Å². The third-order valence-electron chi connectivity index (χ3n) is 3.14. The SMILES string of the molecule is O=C(NCC1(O)CCNC1)c1ccc(OC(F)F)cc1. The van der Waals surface area contributed by atoms with Gasteiger partial charge in [0.05, 0.1) is 5.60 Å². The number of nitrogens with one attached hydrogen (secondary N) is 2. The summed E-state index contributed by atoms with van der Waals surface area (Å²) in [5, 5.41) is 15.7. The van der Waals surface area contributed by atoms with Gasteiger partial charge in [-0.15, -0.1) is 0 Å². The normalized spacial score (nSPS) is 22.0. The molecule has 110 valence electrons. The fraction of sp³-hybridized carbons (Fsp3) is 0.462. The lowest BCUT2D eigenvalue weighted by atomic mass is 10.0. The summed E-state index contributed by atoms with van der Waals surface area (Å²) in [5.41, 5.74) is -0.602. The molecular weight excluding hydrogens is 270 g/mol. The molecule has 1 atom stereocenters. The summed E-state index contributed by atoms with van der Waals surface area (Å²) in [6, 6.07) is 5.38. The predicted octanol–water partition coefficient (Wildman–Crippen LogP) is 0.742. The average molecular weight is 286 g/mol. The van der Waals surface area contributed by atoms with Crippen LogP contribution in [0.15, 0.2) is 24.3 Å². The number of amides is 1. The summed E-state index contributed by atoms with van der Waals surface area (Å²) in [5.74, 6) is -0.371. The van der Waals surface area contributed by atoms with Gasteiger partial charge in [-0.25, -0.2) is 0 Å². The van der Waals surface area contributed by atoms with Crippen molar-refractivity contribution in [1.29, 1.82) is 0 Å². The number of benzene rings is 1. The molecule has 0 spiro atoms. The zero-order chi connectivity index (χ0) is 14.6. The summed E-state index contributed by atoms with van der Waals surface area (Å²) < 4.78 is 28.2. The average Bonchev–Trinajstić information content (AvgIpc) is 2.84. The Kier molecular flexibility index (Phi) is 4.51. The van der Waals surface area contributed by atoms with E-state index in [9.17, 15) is 18.7 Å². The molecule has 1 amide bonds. The van der Waals surface area contributed by atoms with Gasteiger partial charge in [-0.1, -0.05) is 0 Å². The Hall–Kier alpha value is -1.73. The Morgan fingerprint density at radius 3 is 2.70 bits per heavy atom. The van der Waals surface area contributed by atoms with E-state index in [2.05, 4.69) is 15.4 Å². The van der Waals surface area contributed by atoms with Crippen molar-refractivity contribution in [2.45, 2.75) is 18.6 Å². The number of carbonyl (C=O) groups excluding carboxylic acids is 1. The summed E-state index contributed by atoms with van der Waals surface area (Å²) in [4.78, 5) is 11.8. The number of rotatable bonds is 5. The zero-order valence-electron chi connectivity index (χ0n) is 10.7. The van der Waals surface area contributed by atoms with Gasteiger partial charge < -0.3 is 20.5 Å². The smallest absolute Gasteiger partial charge is 0.387 e. The van der Waals surface area contributed by atoms with Crippen molar-refractivity contribution in [1.82, 2.24) is 10.6 Å². The monoisotopic (exact) mass is 286 g/mol. The van der Waals surface area contributed by atoms with E-state index in [0.29, 0.717) is 25.1 Å². The first-order valence-electron chi connectivity index (χ1n) is 6.25. The molecule has 5 nitrogen and oxygen atoms in total. The van der Waals surface area contributed by atoms with Gasteiger partial charge in [0.2, 0.25) is 0 Å². The third kappa shape index (κ3) is 3.88. The van der Waals surface area contributed by atoms with E-state index in [1.807, 2.05) is 0 Å². The quantitative estimate of drug-likeness (QED) is 0.747. The van der Waals surface area contributed by atoms with Crippen LogP contribution in [0, 0.1) is 0 Å². The number of carbonyl (C=O) groups is 1. The number of ether oxygens (including phenoxy) is 1. The van der Waals surface area contributed by atoms with Gasteiger partial charge in [0.25, 0.3) is 5.91 Å². The van der Waals surface area contributed by atoms with Gasteiger partial charge in [0.1, 0.15) is 5.75 Å². The van der Waals surface area contributed by atoms with Crippen molar-refractivity contribution in [2.75, 3.05) is 19.6 Å². The Balaban J connectivity index is 1.89. The summed E-state index contributed by atoms with van der Waals surface area (Å²) in [7, 11) is 0. The number of β-amino-alcohol motifs (C(OH)–C–C–N with tert-alkyl or cyclic N) is 1. The van der Waals surface area contributed by atoms with Crippen LogP contribution in [-0.4, -0.2) is 42.9 Å². The molecule has 1 unspecified atom stereocenters. The van der Waals surface area contributed by atoms with E-state index in [4.69, 9.17) is 0 Å². The second kappa shape index (κ2) is 6.15. The van der Waals surface area contributed by atoms with Crippen LogP contribution in [0.5, 0.6) is 5.75 Å². The summed E-state index contributed by atoms with van der Waals surface area (Å²) in [6.07, 6.45) is 0.578. The molecule has 0 bridgehead atoms. The maximum absolute atomic E-state index is 12.0. The zero-order valence-corrected chi connectivity index (χ0v) is 10.7. The van der Waals surface area contributed by atoms with E-state index < -0.39 is 12.2 Å². The molecule has 1 saturated heterocycles. The van der Waals surface area contributed by atoms with Crippen LogP contribution in [0.4, 0.5) is 8.78 Å². The number of hydrogen-bond acceptors (Lipinski definition) is 4. The lowest BCUT2D eigenvalue weighted by Crippen LogP contribution is -2.44. The maximum atomic E-state index is 12.0. The first-order chi connectivity index (χ1) is 9.48. The number of aliphatic hydroxyl groups is 1. The molecule has 7 heteroatoms. The molecule has 20 heavy (non-hydrogen) atoms. The largest absolute Gasteiger partial charge is 0.435 e. The molecule has 1 fully saturated rings. The van der Waals surface area contributed by atoms with Crippen LogP contribution in [0.2, 0.25) is 0 Å². The van der Waals surface area contributed by atoms with E-state index in [1.54, 1.807) is 0 Å². The molecule has 0 aliphatic carbocycles. The van der Waals surface area contributed by atoms with Crippen molar-refractivity contribution in [3.63, 3.8) is 0 Å². The van der Waals surface area contributed by atoms with Crippen LogP contribution in [-0.2, 0) is 0 Å². The fourth-order valence-corrected chi connectivity index (χ4v) is 2.02. The van der Waals surface area contributed by atoms with Crippen LogP contribution < -0.4 is 15.4 Å². The molecule has 1 aliphatic heterocycles. The first-order valence-corrected chi connectivity index (χ1v) is 6.25. The standard InChI is InChI=1S/C13H16F2N2O3/c14-12(15)20-10-3-1-9(2-4-10)11(18)17-8-13(19)5-6-16-7-13/h1-4,12,16,19H,5-8H2,(H,17,18). The highest BCUT2D eigenvalue weighted by Crippen LogP contribution is 2.16. The molecule has 1 aliphatic rings. The van der Waals surface area contributed by atoms with Crippen molar-refractivity contribution in [3.8, 4) is 5.75 Å². The Bertz CT molecular complexity index is 459. The minimum absolute atomic E-state index is 0.00447. The second-order valence-electron chi connectivity index (χ2n) is 4.74. The van der Waals surface area contributed by atoms with Gasteiger partial charge in [-0.3, -0.25) is 4.79 Å². The Morgan fingerprint density at radius 2 is 2.15 bits per heavy atom. The number of halogens is 2. The van der Waals surface area contributed by atoms with Gasteiger partial charge in [-0.05, 0) is 37.2 Å². The highest BCUT2D eigenvalue weighted by atomic mass is 19.3. The Morgan fingerprint density at radius 1 is 1.45 bits per heavy atom. The highest BCUT2D eigenvalue weighted by molar-refractivity contribution is 5.94. The second-order valence-corrected chi connectivity index (χ2v) is 4.74. The van der Waals surface area contributed by atoms with Gasteiger partial charge >= 0.3 is 6.61 Å². The van der Waals surface area contributed by atoms with Gasteiger partial charge in [0.15, 0.2) is 0 Å². The molecule has 1 aromatic carbocycles. The van der Waals surface area contributed by atoms with Gasteiger partial charge in [-0.2, -0.15) is 8.78 Å². The fourth-order valence-electron chi connectivity index (χ4n) is 2.02. The molecule has 0 aromatic heterocycles. The topological polar surface area (TPSA) is 70.6 Å². The van der Waals surface area contributed by atoms with Crippen molar-refractivity contribution in [3.05, 3.63) is 29.8 Å². The minimum Gasteiger partial charge on any atom is -0.435 e. The van der Waals surface area contributed by atoms with Crippen LogP contribution in [0.3, 0.4) is 0 Å². The van der Waals surface area contributed by atoms with E-state index in [1.165, 1.54) is 24.3 Å². The van der Waals surface area contributed by atoms with E-state index in [0.717, 1.165) is 0 Å². The van der Waals surface area contributed by atoms with E-state index >= 15 is 0 Å². The first kappa shape index (κ1) is 14.7. The number of hydrogen-bond donors (Lipinski definition) is 3. The van der Waals surface area contributed by atoms with Crippen LogP contribution in [0.25, 0.3) is 0 Å². The summed E-state index contributed by atoms with van der Waals surface area (Å²) in [6.45, 7) is -1.59. The Labute approximate surface area is 114 Å². The number of alkyl halides is 2. The molecule has 2 rings (SSSR count). The molecule has 1 aromatic rings. The highest BCUT2D eigenvalue weighted by Gasteiger charge is 2.31. The third-order valence-corrected chi connectivity index (χ3v) is 3.14. The molecule has 1 heterocycles. The molecule has 0 radical (unpaired) electrons. The van der Waals surface area contributed by atoms with Crippen molar-refractivity contribution < 1.29 is 23.4 Å². The lowest BCUT2D eigenvalue weighted by molar-refractivity contribution is -0.0498. The summed E-state index contributed by atoms with van der Waals surface area (Å²) >= 11 is 0. The van der Waals surface area contributed by atoms with Crippen molar-refractivity contribution >= 4 is 5.91 Å². The lowest BCUT2D eigenvalue weighted by Gasteiger charge is -2.21. The predicted molar refractivity (Wildman–Crippen MR) is 67.8 cm³/mol. The molecule has 3 N–H and O–H groups in total. The molecule has 0 saturated carbocycles. The minimum atomic E-state index is -2.89.